The molecule has 2 amide bonds. The number of morpholine rings is 1. The molecular weight excluding hydrogens is 316 g/mol. The molecule has 0 spiro atoms. The van der Waals surface area contributed by atoms with E-state index in [0.29, 0.717) is 44.0 Å². The van der Waals surface area contributed by atoms with Crippen molar-refractivity contribution in [1.82, 2.24) is 4.90 Å². The lowest BCUT2D eigenvalue weighted by Crippen LogP contribution is -2.40. The minimum Gasteiger partial charge on any atom is -0.378 e. The van der Waals surface area contributed by atoms with Gasteiger partial charge in [-0.25, -0.2) is 0 Å². The lowest BCUT2D eigenvalue weighted by Gasteiger charge is -2.27. The van der Waals surface area contributed by atoms with E-state index in [1.807, 2.05) is 37.3 Å². The first kappa shape index (κ1) is 17.2. The molecule has 0 saturated carbocycles. The first-order valence-electron chi connectivity index (χ1n) is 8.54. The third-order valence-electron chi connectivity index (χ3n) is 4.31. The van der Waals surface area contributed by atoms with Gasteiger partial charge in [0.2, 0.25) is 0 Å². The Balaban J connectivity index is 1.75. The standard InChI is InChI=1S/C20H22N2O3/c1-2-22(18-6-4-3-5-7-18)20(24)17-10-8-16(9-11-17)19(23)21-12-14-25-15-13-21/h3-11H,2,12-15H2,1H3. The summed E-state index contributed by atoms with van der Waals surface area (Å²) in [6, 6.07) is 16.5. The van der Waals surface area contributed by atoms with Gasteiger partial charge in [-0.05, 0) is 43.3 Å². The highest BCUT2D eigenvalue weighted by atomic mass is 16.5. The Labute approximate surface area is 147 Å². The molecule has 1 heterocycles. The molecule has 2 aromatic rings. The largest absolute Gasteiger partial charge is 0.378 e. The van der Waals surface area contributed by atoms with Crippen LogP contribution in [0, 0.1) is 0 Å². The molecule has 2 aromatic carbocycles. The van der Waals surface area contributed by atoms with Gasteiger partial charge in [0.05, 0.1) is 13.2 Å². The van der Waals surface area contributed by atoms with Crippen LogP contribution in [-0.4, -0.2) is 49.6 Å². The van der Waals surface area contributed by atoms with E-state index in [4.69, 9.17) is 4.74 Å². The van der Waals surface area contributed by atoms with Crippen molar-refractivity contribution in [3.63, 3.8) is 0 Å². The van der Waals surface area contributed by atoms with E-state index in [-0.39, 0.29) is 11.8 Å². The van der Waals surface area contributed by atoms with Crippen LogP contribution >= 0.6 is 0 Å². The summed E-state index contributed by atoms with van der Waals surface area (Å²) in [5.41, 5.74) is 2.04. The van der Waals surface area contributed by atoms with Crippen molar-refractivity contribution < 1.29 is 14.3 Å². The third-order valence-corrected chi connectivity index (χ3v) is 4.31. The average molecular weight is 338 g/mol. The number of carbonyl (C=O) groups excluding carboxylic acids is 2. The van der Waals surface area contributed by atoms with E-state index in [9.17, 15) is 9.59 Å². The molecule has 1 saturated heterocycles. The zero-order chi connectivity index (χ0) is 17.6. The maximum absolute atomic E-state index is 12.8. The number of amides is 2. The average Bonchev–Trinajstić information content (AvgIpc) is 2.69. The minimum atomic E-state index is -0.0703. The number of para-hydroxylation sites is 1. The summed E-state index contributed by atoms with van der Waals surface area (Å²) in [5, 5.41) is 0. The number of rotatable bonds is 4. The van der Waals surface area contributed by atoms with Crippen molar-refractivity contribution in [2.45, 2.75) is 6.92 Å². The number of ether oxygens (including phenoxy) is 1. The molecule has 5 heteroatoms. The molecule has 0 radical (unpaired) electrons. The number of nitrogens with zero attached hydrogens (tertiary/aromatic N) is 2. The Morgan fingerprint density at radius 1 is 0.960 bits per heavy atom. The highest BCUT2D eigenvalue weighted by Gasteiger charge is 2.20. The van der Waals surface area contributed by atoms with Gasteiger partial charge in [0, 0.05) is 36.4 Å². The van der Waals surface area contributed by atoms with Gasteiger partial charge >= 0.3 is 0 Å². The van der Waals surface area contributed by atoms with Crippen molar-refractivity contribution in [3.8, 4) is 0 Å². The van der Waals surface area contributed by atoms with Crippen molar-refractivity contribution in [2.24, 2.45) is 0 Å². The van der Waals surface area contributed by atoms with Crippen LogP contribution in [0.15, 0.2) is 54.6 Å². The third kappa shape index (κ3) is 3.88. The monoisotopic (exact) mass is 338 g/mol. The summed E-state index contributed by atoms with van der Waals surface area (Å²) >= 11 is 0. The summed E-state index contributed by atoms with van der Waals surface area (Å²) < 4.78 is 5.27. The van der Waals surface area contributed by atoms with Gasteiger partial charge in [-0.1, -0.05) is 18.2 Å². The van der Waals surface area contributed by atoms with Gasteiger partial charge in [0.15, 0.2) is 0 Å². The van der Waals surface area contributed by atoms with E-state index in [1.54, 1.807) is 34.1 Å². The Bertz CT molecular complexity index is 722. The zero-order valence-electron chi connectivity index (χ0n) is 14.4. The Hall–Kier alpha value is -2.66. The fourth-order valence-electron chi connectivity index (χ4n) is 2.91. The molecule has 130 valence electrons. The number of carbonyl (C=O) groups is 2. The van der Waals surface area contributed by atoms with Gasteiger partial charge in [0.25, 0.3) is 11.8 Å². The molecule has 0 N–H and O–H groups in total. The molecule has 1 aliphatic heterocycles. The highest BCUT2D eigenvalue weighted by Crippen LogP contribution is 2.17. The molecule has 0 unspecified atom stereocenters. The van der Waals surface area contributed by atoms with E-state index in [1.165, 1.54) is 0 Å². The van der Waals surface area contributed by atoms with Crippen LogP contribution in [0.5, 0.6) is 0 Å². The van der Waals surface area contributed by atoms with Crippen molar-refractivity contribution in [3.05, 3.63) is 65.7 Å². The van der Waals surface area contributed by atoms with Gasteiger partial charge < -0.3 is 14.5 Å². The fraction of sp³-hybridized carbons (Fsp3) is 0.300. The van der Waals surface area contributed by atoms with Crippen LogP contribution in [0.25, 0.3) is 0 Å². The molecule has 0 bridgehead atoms. The number of hydrogen-bond acceptors (Lipinski definition) is 3. The van der Waals surface area contributed by atoms with Crippen LogP contribution in [0.1, 0.15) is 27.6 Å². The fourth-order valence-corrected chi connectivity index (χ4v) is 2.91. The van der Waals surface area contributed by atoms with Crippen LogP contribution < -0.4 is 4.90 Å². The summed E-state index contributed by atoms with van der Waals surface area (Å²) in [6.45, 7) is 4.89. The van der Waals surface area contributed by atoms with Gasteiger partial charge in [-0.15, -0.1) is 0 Å². The van der Waals surface area contributed by atoms with Crippen molar-refractivity contribution in [1.29, 1.82) is 0 Å². The molecule has 3 rings (SSSR count). The SMILES string of the molecule is CCN(C(=O)c1ccc(C(=O)N2CCOCC2)cc1)c1ccccc1. The van der Waals surface area contributed by atoms with Crippen LogP contribution in [0.4, 0.5) is 5.69 Å². The molecule has 0 aliphatic carbocycles. The summed E-state index contributed by atoms with van der Waals surface area (Å²) in [5.74, 6) is -0.0863. The van der Waals surface area contributed by atoms with E-state index >= 15 is 0 Å². The van der Waals surface area contributed by atoms with Crippen molar-refractivity contribution in [2.75, 3.05) is 37.7 Å². The minimum absolute atomic E-state index is 0.0160. The number of benzene rings is 2. The second-order valence-corrected chi connectivity index (χ2v) is 5.87. The van der Waals surface area contributed by atoms with E-state index in [2.05, 4.69) is 0 Å². The predicted octanol–water partition coefficient (Wildman–Crippen LogP) is 2.83. The molecule has 1 fully saturated rings. The first-order chi connectivity index (χ1) is 12.2. The maximum atomic E-state index is 12.8. The quantitative estimate of drug-likeness (QED) is 0.861. The molecule has 5 nitrogen and oxygen atoms in total. The Kier molecular flexibility index (Phi) is 5.46. The normalized spacial score (nSPS) is 14.2. The Morgan fingerprint density at radius 3 is 2.16 bits per heavy atom. The molecule has 1 aliphatic rings. The van der Waals surface area contributed by atoms with Gasteiger partial charge in [-0.2, -0.15) is 0 Å². The number of anilines is 1. The van der Waals surface area contributed by atoms with Crippen molar-refractivity contribution >= 4 is 17.5 Å². The first-order valence-corrected chi connectivity index (χ1v) is 8.54. The predicted molar refractivity (Wildman–Crippen MR) is 97.0 cm³/mol. The zero-order valence-corrected chi connectivity index (χ0v) is 14.4. The number of hydrogen-bond donors (Lipinski definition) is 0. The summed E-state index contributed by atoms with van der Waals surface area (Å²) in [6.07, 6.45) is 0. The Morgan fingerprint density at radius 2 is 1.56 bits per heavy atom. The van der Waals surface area contributed by atoms with E-state index < -0.39 is 0 Å². The molecule has 0 aromatic heterocycles. The molecular formula is C20H22N2O3. The molecule has 0 atom stereocenters. The summed E-state index contributed by atoms with van der Waals surface area (Å²) in [7, 11) is 0. The summed E-state index contributed by atoms with van der Waals surface area (Å²) in [4.78, 5) is 28.7. The van der Waals surface area contributed by atoms with Crippen LogP contribution in [-0.2, 0) is 4.74 Å². The lowest BCUT2D eigenvalue weighted by molar-refractivity contribution is 0.0303. The van der Waals surface area contributed by atoms with Crippen LogP contribution in [0.3, 0.4) is 0 Å². The lowest BCUT2D eigenvalue weighted by atomic mass is 10.1. The highest BCUT2D eigenvalue weighted by molar-refractivity contribution is 6.06. The van der Waals surface area contributed by atoms with Gasteiger partial charge in [0.1, 0.15) is 0 Å². The van der Waals surface area contributed by atoms with Gasteiger partial charge in [-0.3, -0.25) is 9.59 Å². The van der Waals surface area contributed by atoms with Crippen LogP contribution in [0.2, 0.25) is 0 Å². The van der Waals surface area contributed by atoms with E-state index in [0.717, 1.165) is 5.69 Å². The second kappa shape index (κ2) is 7.94. The smallest absolute Gasteiger partial charge is 0.258 e. The second-order valence-electron chi connectivity index (χ2n) is 5.87. The maximum Gasteiger partial charge on any atom is 0.258 e. The molecule has 25 heavy (non-hydrogen) atoms. The topological polar surface area (TPSA) is 49.9 Å².